The van der Waals surface area contributed by atoms with E-state index in [0.717, 1.165) is 22.0 Å². The number of amides is 2. The highest BCUT2D eigenvalue weighted by Gasteiger charge is 2.17. The number of pyridine rings is 1. The van der Waals surface area contributed by atoms with Gasteiger partial charge in [-0.25, -0.2) is 4.98 Å². The molecule has 138 valence electrons. The Morgan fingerprint density at radius 3 is 2.50 bits per heavy atom. The fourth-order valence-electron chi connectivity index (χ4n) is 3.01. The van der Waals surface area contributed by atoms with Crippen molar-refractivity contribution < 1.29 is 9.59 Å². The molecule has 2 heterocycles. The third-order valence-corrected chi connectivity index (χ3v) is 5.30. The number of hydrogen-bond acceptors (Lipinski definition) is 4. The van der Waals surface area contributed by atoms with Crippen molar-refractivity contribution in [1.82, 2.24) is 4.98 Å². The molecular formula is C22H17N3O2S. The number of para-hydroxylation sites is 1. The smallest absolute Gasteiger partial charge is 0.257 e. The summed E-state index contributed by atoms with van der Waals surface area (Å²) in [6.07, 6.45) is 0. The lowest BCUT2D eigenvalue weighted by Crippen LogP contribution is -2.17. The van der Waals surface area contributed by atoms with Crippen molar-refractivity contribution in [3.05, 3.63) is 82.7 Å². The van der Waals surface area contributed by atoms with Crippen molar-refractivity contribution >= 4 is 39.1 Å². The van der Waals surface area contributed by atoms with Crippen LogP contribution in [-0.2, 0) is 0 Å². The number of benzene rings is 2. The molecule has 0 spiro atoms. The first-order valence-corrected chi connectivity index (χ1v) is 9.56. The van der Waals surface area contributed by atoms with Gasteiger partial charge in [0.25, 0.3) is 11.8 Å². The first-order chi connectivity index (χ1) is 13.5. The maximum Gasteiger partial charge on any atom is 0.257 e. The van der Waals surface area contributed by atoms with Gasteiger partial charge in [-0.05, 0) is 30.5 Å². The van der Waals surface area contributed by atoms with E-state index < -0.39 is 5.91 Å². The quantitative estimate of drug-likeness (QED) is 0.536. The number of nitrogens with two attached hydrogens (primary N) is 1. The number of nitrogens with zero attached hydrogens (tertiary/aromatic N) is 1. The first kappa shape index (κ1) is 17.9. The summed E-state index contributed by atoms with van der Waals surface area (Å²) in [4.78, 5) is 29.3. The first-order valence-electron chi connectivity index (χ1n) is 8.68. The van der Waals surface area contributed by atoms with Crippen LogP contribution in [0.15, 0.2) is 66.0 Å². The zero-order valence-corrected chi connectivity index (χ0v) is 15.9. The van der Waals surface area contributed by atoms with Crippen LogP contribution in [0.2, 0.25) is 0 Å². The van der Waals surface area contributed by atoms with Crippen LogP contribution < -0.4 is 11.1 Å². The zero-order valence-electron chi connectivity index (χ0n) is 15.1. The van der Waals surface area contributed by atoms with Crippen molar-refractivity contribution in [3.63, 3.8) is 0 Å². The number of carbonyl (C=O) groups is 2. The molecule has 2 amide bonds. The molecule has 6 heteroatoms. The fourth-order valence-corrected chi connectivity index (χ4v) is 3.79. The van der Waals surface area contributed by atoms with Gasteiger partial charge in [0, 0.05) is 10.9 Å². The molecule has 0 radical (unpaired) electrons. The Morgan fingerprint density at radius 1 is 1.00 bits per heavy atom. The molecule has 0 saturated carbocycles. The van der Waals surface area contributed by atoms with E-state index in [1.54, 1.807) is 17.5 Å². The molecule has 0 aliphatic heterocycles. The minimum Gasteiger partial charge on any atom is -0.366 e. The lowest BCUT2D eigenvalue weighted by molar-refractivity contribution is 0.100. The predicted molar refractivity (Wildman–Crippen MR) is 113 cm³/mol. The monoisotopic (exact) mass is 387 g/mol. The van der Waals surface area contributed by atoms with E-state index in [4.69, 9.17) is 10.7 Å². The summed E-state index contributed by atoms with van der Waals surface area (Å²) < 4.78 is 0. The Bertz CT molecular complexity index is 1200. The summed E-state index contributed by atoms with van der Waals surface area (Å²) in [5.74, 6) is -0.881. The molecular weight excluding hydrogens is 370 g/mol. The lowest BCUT2D eigenvalue weighted by Gasteiger charge is -2.11. The average Bonchev–Trinajstić information content (AvgIpc) is 3.16. The minimum atomic E-state index is -0.573. The number of rotatable bonds is 4. The van der Waals surface area contributed by atoms with Gasteiger partial charge in [-0.15, -0.1) is 11.3 Å². The molecule has 0 atom stereocenters. The van der Waals surface area contributed by atoms with Crippen molar-refractivity contribution in [3.8, 4) is 11.3 Å². The SMILES string of the molecule is Cc1ccc(-c2cc(C(=O)Nc3sccc3C(N)=O)c3ccccc3n2)cc1. The fraction of sp³-hybridized carbons (Fsp3) is 0.0455. The van der Waals surface area contributed by atoms with E-state index in [2.05, 4.69) is 5.32 Å². The van der Waals surface area contributed by atoms with Gasteiger partial charge in [-0.1, -0.05) is 48.0 Å². The van der Waals surface area contributed by atoms with E-state index in [1.807, 2.05) is 55.5 Å². The summed E-state index contributed by atoms with van der Waals surface area (Å²) in [6, 6.07) is 18.9. The van der Waals surface area contributed by atoms with E-state index in [0.29, 0.717) is 21.8 Å². The largest absolute Gasteiger partial charge is 0.366 e. The van der Waals surface area contributed by atoms with Gasteiger partial charge in [-0.2, -0.15) is 0 Å². The van der Waals surface area contributed by atoms with E-state index in [9.17, 15) is 9.59 Å². The highest BCUT2D eigenvalue weighted by molar-refractivity contribution is 7.14. The number of thiophene rings is 1. The molecule has 0 aliphatic rings. The van der Waals surface area contributed by atoms with Crippen LogP contribution >= 0.6 is 11.3 Å². The van der Waals surface area contributed by atoms with Gasteiger partial charge in [0.05, 0.1) is 22.3 Å². The minimum absolute atomic E-state index is 0.301. The van der Waals surface area contributed by atoms with Crippen molar-refractivity contribution in [2.45, 2.75) is 6.92 Å². The highest BCUT2D eigenvalue weighted by Crippen LogP contribution is 2.28. The van der Waals surface area contributed by atoms with Crippen molar-refractivity contribution in [1.29, 1.82) is 0 Å². The van der Waals surface area contributed by atoms with Crippen LogP contribution in [0.3, 0.4) is 0 Å². The van der Waals surface area contributed by atoms with E-state index in [-0.39, 0.29) is 5.91 Å². The topological polar surface area (TPSA) is 85.1 Å². The maximum atomic E-state index is 13.1. The van der Waals surface area contributed by atoms with Crippen LogP contribution in [0, 0.1) is 6.92 Å². The standard InChI is InChI=1S/C22H17N3O2S/c1-13-6-8-14(9-7-13)19-12-17(15-4-2-3-5-18(15)24-19)21(27)25-22-16(20(23)26)10-11-28-22/h2-12H,1H3,(H2,23,26)(H,25,27). The number of carbonyl (C=O) groups excluding carboxylic acids is 2. The predicted octanol–water partition coefficient (Wildman–Crippen LogP) is 4.62. The van der Waals surface area contributed by atoms with Crippen LogP contribution in [0.1, 0.15) is 26.3 Å². The molecule has 0 fully saturated rings. The Labute approximate surface area is 165 Å². The Morgan fingerprint density at radius 2 is 1.75 bits per heavy atom. The second kappa shape index (κ2) is 7.25. The Kier molecular flexibility index (Phi) is 4.63. The molecule has 0 unspecified atom stereocenters. The number of primary amides is 1. The summed E-state index contributed by atoms with van der Waals surface area (Å²) in [5, 5.41) is 5.72. The third kappa shape index (κ3) is 3.37. The molecule has 0 bridgehead atoms. The van der Waals surface area contributed by atoms with Crippen LogP contribution in [-0.4, -0.2) is 16.8 Å². The Hall–Kier alpha value is -3.51. The van der Waals surface area contributed by atoms with Gasteiger partial charge < -0.3 is 11.1 Å². The number of aromatic nitrogens is 1. The van der Waals surface area contributed by atoms with Gasteiger partial charge in [-0.3, -0.25) is 9.59 Å². The molecule has 4 rings (SSSR count). The molecule has 0 aliphatic carbocycles. The van der Waals surface area contributed by atoms with E-state index in [1.165, 1.54) is 11.3 Å². The van der Waals surface area contributed by atoms with Crippen molar-refractivity contribution in [2.75, 3.05) is 5.32 Å². The lowest BCUT2D eigenvalue weighted by atomic mass is 10.0. The number of fused-ring (bicyclic) bond motifs is 1. The zero-order chi connectivity index (χ0) is 19.7. The molecule has 28 heavy (non-hydrogen) atoms. The summed E-state index contributed by atoms with van der Waals surface area (Å²) in [7, 11) is 0. The van der Waals surface area contributed by atoms with Gasteiger partial charge in [0.2, 0.25) is 0 Å². The Balaban J connectivity index is 1.80. The van der Waals surface area contributed by atoms with Gasteiger partial charge >= 0.3 is 0 Å². The number of aryl methyl sites for hydroxylation is 1. The number of hydrogen-bond donors (Lipinski definition) is 2. The second-order valence-corrected chi connectivity index (χ2v) is 7.34. The summed E-state index contributed by atoms with van der Waals surface area (Å²) in [5.41, 5.74) is 9.70. The van der Waals surface area contributed by atoms with E-state index >= 15 is 0 Å². The van der Waals surface area contributed by atoms with Crippen LogP contribution in [0.5, 0.6) is 0 Å². The average molecular weight is 387 g/mol. The normalized spacial score (nSPS) is 10.8. The third-order valence-electron chi connectivity index (χ3n) is 4.47. The van der Waals surface area contributed by atoms with Gasteiger partial charge in [0.15, 0.2) is 0 Å². The molecule has 5 nitrogen and oxygen atoms in total. The van der Waals surface area contributed by atoms with Crippen molar-refractivity contribution in [2.24, 2.45) is 5.73 Å². The second-order valence-electron chi connectivity index (χ2n) is 6.42. The molecule has 4 aromatic rings. The van der Waals surface area contributed by atoms with Gasteiger partial charge in [0.1, 0.15) is 5.00 Å². The summed E-state index contributed by atoms with van der Waals surface area (Å²) in [6.45, 7) is 2.02. The molecule has 2 aromatic carbocycles. The molecule has 3 N–H and O–H groups in total. The van der Waals surface area contributed by atoms with Crippen LogP contribution in [0.25, 0.3) is 22.2 Å². The van der Waals surface area contributed by atoms with Crippen LogP contribution in [0.4, 0.5) is 5.00 Å². The summed E-state index contributed by atoms with van der Waals surface area (Å²) >= 11 is 1.26. The molecule has 2 aromatic heterocycles. The molecule has 0 saturated heterocycles. The highest BCUT2D eigenvalue weighted by atomic mass is 32.1. The number of anilines is 1. The number of nitrogens with one attached hydrogen (secondary N) is 1. The maximum absolute atomic E-state index is 13.1.